The Bertz CT molecular complexity index is 623. The van der Waals surface area contributed by atoms with Crippen LogP contribution in [0.4, 0.5) is 0 Å². The van der Waals surface area contributed by atoms with Crippen molar-refractivity contribution in [1.82, 2.24) is 15.2 Å². The molecular formula is C16H20ClN3O. The number of nitrogens with one attached hydrogen (secondary N) is 1. The van der Waals surface area contributed by atoms with Gasteiger partial charge in [-0.1, -0.05) is 23.7 Å². The maximum absolute atomic E-state index is 6.02. The van der Waals surface area contributed by atoms with E-state index in [1.807, 2.05) is 24.3 Å². The Morgan fingerprint density at radius 3 is 3.05 bits per heavy atom. The summed E-state index contributed by atoms with van der Waals surface area (Å²) in [6, 6.07) is 7.64. The first-order valence-electron chi connectivity index (χ1n) is 7.21. The normalized spacial score (nSPS) is 18.8. The van der Waals surface area contributed by atoms with Gasteiger partial charge in [0.2, 0.25) is 5.89 Å². The van der Waals surface area contributed by atoms with Crippen molar-refractivity contribution in [3.8, 4) is 11.3 Å². The summed E-state index contributed by atoms with van der Waals surface area (Å²) in [4.78, 5) is 6.81. The van der Waals surface area contributed by atoms with Crippen LogP contribution in [0.3, 0.4) is 0 Å². The minimum absolute atomic E-state index is 0.114. The lowest BCUT2D eigenvalue weighted by Crippen LogP contribution is -2.57. The molecule has 0 aliphatic carbocycles. The monoisotopic (exact) mass is 305 g/mol. The molecule has 2 aromatic rings. The highest BCUT2D eigenvalue weighted by Gasteiger charge is 2.30. The largest absolute Gasteiger partial charge is 0.439 e. The first kappa shape index (κ1) is 14.6. The lowest BCUT2D eigenvalue weighted by molar-refractivity contribution is 0.0737. The number of halogens is 1. The van der Waals surface area contributed by atoms with E-state index in [0.29, 0.717) is 5.02 Å². The number of oxazole rings is 1. The second-order valence-corrected chi connectivity index (χ2v) is 6.48. The molecule has 0 radical (unpaired) electrons. The number of hydrogen-bond acceptors (Lipinski definition) is 4. The lowest BCUT2D eigenvalue weighted by atomic mass is 10.0. The van der Waals surface area contributed by atoms with Gasteiger partial charge in [-0.25, -0.2) is 4.98 Å². The van der Waals surface area contributed by atoms with E-state index in [1.54, 1.807) is 6.20 Å². The zero-order valence-corrected chi connectivity index (χ0v) is 13.2. The summed E-state index contributed by atoms with van der Waals surface area (Å²) in [5.74, 6) is 1.51. The Morgan fingerprint density at radius 2 is 2.29 bits per heavy atom. The minimum Gasteiger partial charge on any atom is -0.439 e. The summed E-state index contributed by atoms with van der Waals surface area (Å²) in [7, 11) is 0. The molecule has 0 bridgehead atoms. The molecule has 0 saturated carbocycles. The fourth-order valence-electron chi connectivity index (χ4n) is 2.64. The molecule has 0 atom stereocenters. The number of aromatic nitrogens is 1. The average molecular weight is 306 g/mol. The Labute approximate surface area is 130 Å². The van der Waals surface area contributed by atoms with Gasteiger partial charge in [-0.05, 0) is 26.0 Å². The fraction of sp³-hybridized carbons (Fsp3) is 0.438. The topological polar surface area (TPSA) is 41.3 Å². The van der Waals surface area contributed by atoms with Crippen LogP contribution < -0.4 is 5.32 Å². The molecule has 5 heteroatoms. The number of nitrogens with zero attached hydrogens (tertiary/aromatic N) is 2. The molecular weight excluding hydrogens is 286 g/mol. The van der Waals surface area contributed by atoms with Gasteiger partial charge < -0.3 is 9.73 Å². The predicted octanol–water partition coefficient (Wildman–Crippen LogP) is 3.18. The second kappa shape index (κ2) is 5.79. The van der Waals surface area contributed by atoms with Crippen LogP contribution in [0.1, 0.15) is 19.7 Å². The van der Waals surface area contributed by atoms with Gasteiger partial charge in [0.05, 0.1) is 12.7 Å². The summed E-state index contributed by atoms with van der Waals surface area (Å²) in [6.45, 7) is 8.19. The first-order chi connectivity index (χ1) is 10.0. The van der Waals surface area contributed by atoms with Crippen LogP contribution in [0, 0.1) is 0 Å². The van der Waals surface area contributed by atoms with Crippen LogP contribution in [0.25, 0.3) is 11.3 Å². The first-order valence-corrected chi connectivity index (χ1v) is 7.59. The van der Waals surface area contributed by atoms with Crippen LogP contribution in [-0.4, -0.2) is 35.1 Å². The van der Waals surface area contributed by atoms with Crippen molar-refractivity contribution < 1.29 is 4.42 Å². The van der Waals surface area contributed by atoms with Gasteiger partial charge in [0.15, 0.2) is 5.76 Å². The summed E-state index contributed by atoms with van der Waals surface area (Å²) in [6.07, 6.45) is 1.77. The molecule has 0 amide bonds. The van der Waals surface area contributed by atoms with Crippen molar-refractivity contribution in [3.05, 3.63) is 41.4 Å². The average Bonchev–Trinajstić information content (AvgIpc) is 2.90. The van der Waals surface area contributed by atoms with Crippen LogP contribution in [-0.2, 0) is 6.54 Å². The Morgan fingerprint density at radius 1 is 1.43 bits per heavy atom. The molecule has 21 heavy (non-hydrogen) atoms. The minimum atomic E-state index is 0.114. The molecule has 0 spiro atoms. The fourth-order valence-corrected chi connectivity index (χ4v) is 2.83. The molecule has 1 N–H and O–H groups in total. The van der Waals surface area contributed by atoms with Crippen molar-refractivity contribution in [2.24, 2.45) is 0 Å². The van der Waals surface area contributed by atoms with Crippen molar-refractivity contribution in [2.75, 3.05) is 19.6 Å². The number of benzene rings is 1. The van der Waals surface area contributed by atoms with E-state index >= 15 is 0 Å². The van der Waals surface area contributed by atoms with Crippen LogP contribution >= 0.6 is 11.6 Å². The number of rotatable bonds is 3. The van der Waals surface area contributed by atoms with E-state index in [0.717, 1.165) is 43.4 Å². The molecule has 1 aliphatic rings. The van der Waals surface area contributed by atoms with E-state index in [-0.39, 0.29) is 5.54 Å². The third kappa shape index (κ3) is 3.28. The van der Waals surface area contributed by atoms with Gasteiger partial charge in [-0.15, -0.1) is 0 Å². The highest BCUT2D eigenvalue weighted by atomic mass is 35.5. The SMILES string of the molecule is CC1(C)CNCCN1Cc1ncc(-c2cccc(Cl)c2)o1. The van der Waals surface area contributed by atoms with Crippen LogP contribution in [0.15, 0.2) is 34.9 Å². The lowest BCUT2D eigenvalue weighted by Gasteiger charge is -2.42. The maximum Gasteiger partial charge on any atom is 0.209 e. The van der Waals surface area contributed by atoms with Crippen molar-refractivity contribution in [3.63, 3.8) is 0 Å². The van der Waals surface area contributed by atoms with Crippen LogP contribution in [0.2, 0.25) is 5.02 Å². The second-order valence-electron chi connectivity index (χ2n) is 6.04. The zero-order chi connectivity index (χ0) is 14.9. The molecule has 3 rings (SSSR count). The standard InChI is InChI=1S/C16H20ClN3O/c1-16(2)11-18-6-7-20(16)10-15-19-9-14(21-15)12-4-3-5-13(17)8-12/h3-5,8-9,18H,6-7,10-11H2,1-2H3. The van der Waals surface area contributed by atoms with E-state index < -0.39 is 0 Å². The molecule has 1 aromatic heterocycles. The third-order valence-electron chi connectivity index (χ3n) is 3.96. The van der Waals surface area contributed by atoms with Crippen molar-refractivity contribution in [1.29, 1.82) is 0 Å². The summed E-state index contributed by atoms with van der Waals surface area (Å²) in [5, 5.41) is 4.12. The van der Waals surface area contributed by atoms with Crippen molar-refractivity contribution in [2.45, 2.75) is 25.9 Å². The zero-order valence-electron chi connectivity index (χ0n) is 12.4. The van der Waals surface area contributed by atoms with Gasteiger partial charge in [0, 0.05) is 35.8 Å². The molecule has 1 saturated heterocycles. The number of piperazine rings is 1. The smallest absolute Gasteiger partial charge is 0.209 e. The molecule has 112 valence electrons. The highest BCUT2D eigenvalue weighted by Crippen LogP contribution is 2.25. The third-order valence-corrected chi connectivity index (χ3v) is 4.20. The van der Waals surface area contributed by atoms with Crippen LogP contribution in [0.5, 0.6) is 0 Å². The Kier molecular flexibility index (Phi) is 4.02. The van der Waals surface area contributed by atoms with Gasteiger partial charge in [0.25, 0.3) is 0 Å². The Balaban J connectivity index is 1.76. The Hall–Kier alpha value is -1.36. The van der Waals surface area contributed by atoms with E-state index in [2.05, 4.69) is 29.0 Å². The molecule has 2 heterocycles. The summed E-state index contributed by atoms with van der Waals surface area (Å²) >= 11 is 6.02. The van der Waals surface area contributed by atoms with Gasteiger partial charge in [0.1, 0.15) is 0 Å². The molecule has 4 nitrogen and oxygen atoms in total. The van der Waals surface area contributed by atoms with Crippen molar-refractivity contribution >= 4 is 11.6 Å². The predicted molar refractivity (Wildman–Crippen MR) is 84.3 cm³/mol. The molecule has 1 aromatic carbocycles. The maximum atomic E-state index is 6.02. The van der Waals surface area contributed by atoms with Gasteiger partial charge >= 0.3 is 0 Å². The summed E-state index contributed by atoms with van der Waals surface area (Å²) in [5.41, 5.74) is 1.07. The molecule has 1 fully saturated rings. The number of hydrogen-bond donors (Lipinski definition) is 1. The molecule has 1 aliphatic heterocycles. The van der Waals surface area contributed by atoms with E-state index in [9.17, 15) is 0 Å². The van der Waals surface area contributed by atoms with E-state index in [1.165, 1.54) is 0 Å². The highest BCUT2D eigenvalue weighted by molar-refractivity contribution is 6.30. The molecule has 0 unspecified atom stereocenters. The summed E-state index contributed by atoms with van der Waals surface area (Å²) < 4.78 is 5.89. The van der Waals surface area contributed by atoms with Gasteiger partial charge in [-0.2, -0.15) is 0 Å². The van der Waals surface area contributed by atoms with Gasteiger partial charge in [-0.3, -0.25) is 4.90 Å². The quantitative estimate of drug-likeness (QED) is 0.945. The van der Waals surface area contributed by atoms with E-state index in [4.69, 9.17) is 16.0 Å².